The topological polar surface area (TPSA) is 59.1 Å². The Hall–Kier alpha value is -1.66. The molecule has 3 N–H and O–H groups in total. The largest absolute Gasteiger partial charge is 0.454 e. The minimum atomic E-state index is -0.729. The minimum absolute atomic E-state index is 0.0111. The molecule has 0 spiro atoms. The van der Waals surface area contributed by atoms with Crippen LogP contribution in [0.5, 0.6) is 11.5 Å². The molecule has 0 fully saturated rings. The second kappa shape index (κ2) is 5.76. The van der Waals surface area contributed by atoms with E-state index >= 15 is 0 Å². The van der Waals surface area contributed by atoms with Crippen molar-refractivity contribution >= 4 is 33.4 Å². The molecule has 2 rings (SSSR count). The Morgan fingerprint density at radius 2 is 1.95 bits per heavy atom. The Balaban J connectivity index is 2.37. The van der Waals surface area contributed by atoms with Gasteiger partial charge in [-0.1, -0.05) is 11.6 Å². The lowest BCUT2D eigenvalue weighted by molar-refractivity contribution is 0.437. The van der Waals surface area contributed by atoms with Gasteiger partial charge in [-0.2, -0.15) is 0 Å². The Morgan fingerprint density at radius 1 is 1.25 bits per heavy atom. The summed E-state index contributed by atoms with van der Waals surface area (Å²) in [6.07, 6.45) is 0. The van der Waals surface area contributed by atoms with Gasteiger partial charge >= 0.3 is 0 Å². The number of nitrogen functional groups attached to an aromatic ring is 1. The molecule has 2 aromatic carbocycles. The second-order valence-corrected chi connectivity index (χ2v) is 5.03. The van der Waals surface area contributed by atoms with Crippen LogP contribution in [0.15, 0.2) is 34.8 Å². The van der Waals surface area contributed by atoms with Gasteiger partial charge in [0.1, 0.15) is 17.4 Å². The predicted molar refractivity (Wildman–Crippen MR) is 76.6 cm³/mol. The van der Waals surface area contributed by atoms with Crippen LogP contribution in [0.25, 0.3) is 0 Å². The van der Waals surface area contributed by atoms with Gasteiger partial charge in [0, 0.05) is 11.6 Å². The Morgan fingerprint density at radius 3 is 2.55 bits per heavy atom. The van der Waals surface area contributed by atoms with Gasteiger partial charge < -0.3 is 10.5 Å². The number of halogens is 4. The number of nitrogens with one attached hydrogen (secondary N) is 1. The summed E-state index contributed by atoms with van der Waals surface area (Å²) < 4.78 is 32.6. The summed E-state index contributed by atoms with van der Waals surface area (Å²) in [4.78, 5) is 0. The van der Waals surface area contributed by atoms with Crippen molar-refractivity contribution in [3.63, 3.8) is 0 Å². The summed E-state index contributed by atoms with van der Waals surface area (Å²) in [7, 11) is 0. The smallest absolute Gasteiger partial charge is 0.180 e. The van der Waals surface area contributed by atoms with E-state index in [1.54, 1.807) is 0 Å². The molecular weight excluding hydrogens is 354 g/mol. The molecular formula is C13H8BrClF2N2O. The molecule has 104 valence electrons. The van der Waals surface area contributed by atoms with Gasteiger partial charge in [-0.05, 0) is 40.2 Å². The van der Waals surface area contributed by atoms with Crippen LogP contribution in [0.1, 0.15) is 5.56 Å². The van der Waals surface area contributed by atoms with E-state index in [4.69, 9.17) is 27.5 Å². The number of rotatable bonds is 3. The average Bonchev–Trinajstić information content (AvgIpc) is 2.39. The van der Waals surface area contributed by atoms with Gasteiger partial charge in [-0.3, -0.25) is 5.41 Å². The van der Waals surface area contributed by atoms with E-state index in [0.29, 0.717) is 0 Å². The van der Waals surface area contributed by atoms with Gasteiger partial charge in [-0.15, -0.1) is 0 Å². The first kappa shape index (κ1) is 14.7. The van der Waals surface area contributed by atoms with Crippen molar-refractivity contribution in [2.45, 2.75) is 0 Å². The number of hydrogen-bond acceptors (Lipinski definition) is 2. The third-order valence-corrected chi connectivity index (χ3v) is 3.54. The van der Waals surface area contributed by atoms with Gasteiger partial charge in [0.15, 0.2) is 11.6 Å². The lowest BCUT2D eigenvalue weighted by Gasteiger charge is -2.10. The fraction of sp³-hybridized carbons (Fsp3) is 0. The quantitative estimate of drug-likeness (QED) is 0.626. The van der Waals surface area contributed by atoms with Crippen molar-refractivity contribution in [1.82, 2.24) is 0 Å². The SMILES string of the molecule is N=C(N)c1ccc(Oc2ccc(Cl)c(F)c2)c(F)c1Br. The molecule has 0 aliphatic heterocycles. The molecule has 3 nitrogen and oxygen atoms in total. The Labute approximate surface area is 126 Å². The van der Waals surface area contributed by atoms with E-state index in [-0.39, 0.29) is 32.4 Å². The van der Waals surface area contributed by atoms with Crippen LogP contribution in [0.3, 0.4) is 0 Å². The van der Waals surface area contributed by atoms with E-state index in [0.717, 1.165) is 6.07 Å². The highest BCUT2D eigenvalue weighted by atomic mass is 79.9. The number of ether oxygens (including phenoxy) is 1. The summed E-state index contributed by atoms with van der Waals surface area (Å²) in [5.41, 5.74) is 5.51. The van der Waals surface area contributed by atoms with Crippen molar-refractivity contribution in [2.75, 3.05) is 0 Å². The molecule has 20 heavy (non-hydrogen) atoms. The fourth-order valence-corrected chi connectivity index (χ4v) is 2.14. The molecule has 7 heteroatoms. The molecule has 0 atom stereocenters. The van der Waals surface area contributed by atoms with Crippen molar-refractivity contribution in [1.29, 1.82) is 5.41 Å². The van der Waals surface area contributed by atoms with Crippen molar-refractivity contribution < 1.29 is 13.5 Å². The van der Waals surface area contributed by atoms with Crippen LogP contribution in [0.2, 0.25) is 5.02 Å². The fourth-order valence-electron chi connectivity index (χ4n) is 1.49. The van der Waals surface area contributed by atoms with Crippen molar-refractivity contribution in [3.05, 3.63) is 57.0 Å². The zero-order chi connectivity index (χ0) is 14.9. The molecule has 0 aromatic heterocycles. The van der Waals surface area contributed by atoms with Crippen LogP contribution in [-0.2, 0) is 0 Å². The average molecular weight is 362 g/mol. The molecule has 0 unspecified atom stereocenters. The third kappa shape index (κ3) is 2.91. The number of benzene rings is 2. The summed E-state index contributed by atoms with van der Waals surface area (Å²) >= 11 is 8.55. The first-order chi connectivity index (χ1) is 9.40. The van der Waals surface area contributed by atoms with E-state index in [1.807, 2.05) is 0 Å². The molecule has 0 aliphatic carbocycles. The van der Waals surface area contributed by atoms with E-state index in [2.05, 4.69) is 15.9 Å². The number of hydrogen-bond donors (Lipinski definition) is 2. The molecule has 0 saturated heterocycles. The lowest BCUT2D eigenvalue weighted by Crippen LogP contribution is -2.12. The second-order valence-electron chi connectivity index (χ2n) is 3.83. The highest BCUT2D eigenvalue weighted by Crippen LogP contribution is 2.32. The van der Waals surface area contributed by atoms with Gasteiger partial charge in [-0.25, -0.2) is 8.78 Å². The maximum atomic E-state index is 14.0. The molecule has 0 bridgehead atoms. The van der Waals surface area contributed by atoms with Gasteiger partial charge in [0.25, 0.3) is 0 Å². The highest BCUT2D eigenvalue weighted by Gasteiger charge is 2.15. The molecule has 2 aromatic rings. The maximum Gasteiger partial charge on any atom is 0.180 e. The van der Waals surface area contributed by atoms with Crippen LogP contribution in [-0.4, -0.2) is 5.84 Å². The highest BCUT2D eigenvalue weighted by molar-refractivity contribution is 9.10. The molecule has 0 amide bonds. The van der Waals surface area contributed by atoms with E-state index in [9.17, 15) is 8.78 Å². The van der Waals surface area contributed by atoms with E-state index < -0.39 is 11.6 Å². The molecule has 0 aliphatic rings. The van der Waals surface area contributed by atoms with E-state index in [1.165, 1.54) is 24.3 Å². The normalized spacial score (nSPS) is 10.4. The minimum Gasteiger partial charge on any atom is -0.454 e. The Bertz CT molecular complexity index is 694. The Kier molecular flexibility index (Phi) is 4.25. The summed E-state index contributed by atoms with van der Waals surface area (Å²) in [6.45, 7) is 0. The first-order valence-electron chi connectivity index (χ1n) is 5.35. The maximum absolute atomic E-state index is 14.0. The summed E-state index contributed by atoms with van der Waals surface area (Å²) in [5, 5.41) is 7.24. The summed E-state index contributed by atoms with van der Waals surface area (Å²) in [6, 6.07) is 6.51. The van der Waals surface area contributed by atoms with Crippen molar-refractivity contribution in [3.8, 4) is 11.5 Å². The zero-order valence-electron chi connectivity index (χ0n) is 9.88. The van der Waals surface area contributed by atoms with Gasteiger partial charge in [0.05, 0.1) is 9.50 Å². The van der Waals surface area contributed by atoms with Gasteiger partial charge in [0.2, 0.25) is 0 Å². The standard InChI is InChI=1S/C13H8BrClF2N2O/c14-11-7(13(18)19)2-4-10(12(11)17)20-6-1-3-8(15)9(16)5-6/h1-5H,(H3,18,19). The number of amidine groups is 1. The lowest BCUT2D eigenvalue weighted by atomic mass is 10.2. The molecule has 0 radical (unpaired) electrons. The summed E-state index contributed by atoms with van der Waals surface area (Å²) in [5.74, 6) is -1.69. The molecule has 0 saturated carbocycles. The van der Waals surface area contributed by atoms with Crippen LogP contribution < -0.4 is 10.5 Å². The van der Waals surface area contributed by atoms with Crippen LogP contribution in [0, 0.1) is 17.0 Å². The van der Waals surface area contributed by atoms with Crippen LogP contribution >= 0.6 is 27.5 Å². The number of nitrogens with two attached hydrogens (primary N) is 1. The van der Waals surface area contributed by atoms with Crippen LogP contribution in [0.4, 0.5) is 8.78 Å². The predicted octanol–water partition coefficient (Wildman–Crippen LogP) is 4.46. The third-order valence-electron chi connectivity index (χ3n) is 2.46. The first-order valence-corrected chi connectivity index (χ1v) is 6.52. The zero-order valence-corrected chi connectivity index (χ0v) is 12.2. The molecule has 0 heterocycles. The van der Waals surface area contributed by atoms with Crippen molar-refractivity contribution in [2.24, 2.45) is 5.73 Å². The monoisotopic (exact) mass is 360 g/mol.